The second-order valence-electron chi connectivity index (χ2n) is 4.85. The van der Waals surface area contributed by atoms with E-state index >= 15 is 0 Å². The number of carbonyl (C=O) groups is 2. The smallest absolute Gasteiger partial charge is 0.315 e. The normalized spacial score (nSPS) is 12.2. The third-order valence-electron chi connectivity index (χ3n) is 2.87. The number of thiazole rings is 1. The second kappa shape index (κ2) is 7.84. The van der Waals surface area contributed by atoms with E-state index in [-0.39, 0.29) is 24.4 Å². The lowest BCUT2D eigenvalue weighted by Crippen LogP contribution is -2.45. The van der Waals surface area contributed by atoms with Crippen molar-refractivity contribution in [2.45, 2.75) is 46.2 Å². The highest BCUT2D eigenvalue weighted by Gasteiger charge is 2.19. The van der Waals surface area contributed by atoms with Crippen LogP contribution in [0.2, 0.25) is 0 Å². The minimum atomic E-state index is -0.920. The van der Waals surface area contributed by atoms with Gasteiger partial charge in [0.2, 0.25) is 0 Å². The van der Waals surface area contributed by atoms with Crippen LogP contribution in [-0.2, 0) is 17.8 Å². The van der Waals surface area contributed by atoms with Crippen LogP contribution in [0.5, 0.6) is 0 Å². The van der Waals surface area contributed by atoms with Crippen LogP contribution < -0.4 is 10.6 Å². The van der Waals surface area contributed by atoms with E-state index in [9.17, 15) is 9.59 Å². The first-order valence-electron chi connectivity index (χ1n) is 6.62. The Hall–Kier alpha value is -1.63. The molecule has 3 N–H and O–H groups in total. The molecule has 0 bridgehead atoms. The van der Waals surface area contributed by atoms with E-state index in [1.807, 2.05) is 13.8 Å². The highest BCUT2D eigenvalue weighted by atomic mass is 32.1. The summed E-state index contributed by atoms with van der Waals surface area (Å²) in [6.07, 6.45) is 2.65. The Balaban J connectivity index is 2.43. The lowest BCUT2D eigenvalue weighted by Gasteiger charge is -2.20. The number of hydrogen-bond donors (Lipinski definition) is 3. The quantitative estimate of drug-likeness (QED) is 0.718. The van der Waals surface area contributed by atoms with Crippen LogP contribution >= 0.6 is 11.3 Å². The average Bonchev–Trinajstić information content (AvgIpc) is 2.83. The molecule has 0 saturated carbocycles. The molecule has 0 saturated heterocycles. The summed E-state index contributed by atoms with van der Waals surface area (Å²) in [5.74, 6) is -0.861. The minimum absolute atomic E-state index is 0.0587. The molecule has 1 heterocycles. The molecule has 0 fully saturated rings. The lowest BCUT2D eigenvalue weighted by atomic mass is 10.0. The molecular formula is C13H21N3O3S. The molecule has 7 heteroatoms. The Kier molecular flexibility index (Phi) is 6.44. The summed E-state index contributed by atoms with van der Waals surface area (Å²) >= 11 is 1.56. The zero-order chi connectivity index (χ0) is 15.1. The fourth-order valence-corrected chi connectivity index (χ4v) is 2.41. The van der Waals surface area contributed by atoms with Crippen LogP contribution in [0.1, 0.15) is 37.1 Å². The maximum atomic E-state index is 11.8. The van der Waals surface area contributed by atoms with Gasteiger partial charge in [-0.1, -0.05) is 20.8 Å². The van der Waals surface area contributed by atoms with Crippen LogP contribution in [0, 0.1) is 5.92 Å². The number of carbonyl (C=O) groups excluding carboxylic acids is 1. The molecule has 1 aromatic rings. The van der Waals surface area contributed by atoms with Gasteiger partial charge in [0.15, 0.2) is 0 Å². The summed E-state index contributed by atoms with van der Waals surface area (Å²) in [7, 11) is 0. The molecule has 20 heavy (non-hydrogen) atoms. The standard InChI is InChI=1S/C13H21N3O3S/c1-4-9-6-14-11(20-9)7-15-13(19)16-10(8(2)3)5-12(17)18/h6,8,10H,4-5,7H2,1-3H3,(H,17,18)(H2,15,16,19). The SMILES string of the molecule is CCc1cnc(CNC(=O)NC(CC(=O)O)C(C)C)s1. The van der Waals surface area contributed by atoms with Gasteiger partial charge in [-0.2, -0.15) is 0 Å². The molecule has 1 atom stereocenters. The molecule has 0 spiro atoms. The molecule has 112 valence electrons. The summed E-state index contributed by atoms with van der Waals surface area (Å²) in [5, 5.41) is 15.0. The fourth-order valence-electron chi connectivity index (χ4n) is 1.61. The highest BCUT2D eigenvalue weighted by molar-refractivity contribution is 7.11. The van der Waals surface area contributed by atoms with Crippen molar-refractivity contribution in [3.05, 3.63) is 16.1 Å². The number of nitrogens with one attached hydrogen (secondary N) is 2. The van der Waals surface area contributed by atoms with Crippen molar-refractivity contribution < 1.29 is 14.7 Å². The summed E-state index contributed by atoms with van der Waals surface area (Å²) in [6.45, 7) is 6.16. The van der Waals surface area contributed by atoms with Gasteiger partial charge in [-0.25, -0.2) is 9.78 Å². The van der Waals surface area contributed by atoms with E-state index in [2.05, 4.69) is 22.5 Å². The molecule has 0 radical (unpaired) electrons. The lowest BCUT2D eigenvalue weighted by molar-refractivity contribution is -0.137. The van der Waals surface area contributed by atoms with Crippen molar-refractivity contribution in [3.8, 4) is 0 Å². The van der Waals surface area contributed by atoms with Gasteiger partial charge in [-0.15, -0.1) is 11.3 Å². The Labute approximate surface area is 122 Å². The van der Waals surface area contributed by atoms with Gasteiger partial charge in [-0.05, 0) is 12.3 Å². The maximum Gasteiger partial charge on any atom is 0.315 e. The predicted molar refractivity (Wildman–Crippen MR) is 77.7 cm³/mol. The number of urea groups is 1. The van der Waals surface area contributed by atoms with Crippen molar-refractivity contribution in [3.63, 3.8) is 0 Å². The van der Waals surface area contributed by atoms with Gasteiger partial charge in [0.1, 0.15) is 5.01 Å². The molecule has 6 nitrogen and oxygen atoms in total. The van der Waals surface area contributed by atoms with Crippen molar-refractivity contribution in [1.82, 2.24) is 15.6 Å². The van der Waals surface area contributed by atoms with Crippen LogP contribution in [-0.4, -0.2) is 28.1 Å². The van der Waals surface area contributed by atoms with Crippen LogP contribution in [0.15, 0.2) is 6.20 Å². The monoisotopic (exact) mass is 299 g/mol. The molecule has 1 unspecified atom stereocenters. The van der Waals surface area contributed by atoms with Crippen LogP contribution in [0.3, 0.4) is 0 Å². The molecule has 1 aromatic heterocycles. The van der Waals surface area contributed by atoms with E-state index in [1.54, 1.807) is 17.5 Å². The fraction of sp³-hybridized carbons (Fsp3) is 0.615. The van der Waals surface area contributed by atoms with Gasteiger partial charge in [0, 0.05) is 17.1 Å². The molecular weight excluding hydrogens is 278 g/mol. The zero-order valence-corrected chi connectivity index (χ0v) is 12.8. The number of aryl methyl sites for hydroxylation is 1. The van der Waals surface area contributed by atoms with E-state index in [0.29, 0.717) is 6.54 Å². The maximum absolute atomic E-state index is 11.8. The first-order valence-corrected chi connectivity index (χ1v) is 7.43. The van der Waals surface area contributed by atoms with Gasteiger partial charge in [0.25, 0.3) is 0 Å². The van der Waals surface area contributed by atoms with Gasteiger partial charge >= 0.3 is 12.0 Å². The largest absolute Gasteiger partial charge is 0.481 e. The first kappa shape index (κ1) is 16.4. The van der Waals surface area contributed by atoms with Crippen molar-refractivity contribution in [2.24, 2.45) is 5.92 Å². The Morgan fingerprint density at radius 1 is 1.45 bits per heavy atom. The topological polar surface area (TPSA) is 91.3 Å². The molecule has 2 amide bonds. The van der Waals surface area contributed by atoms with Gasteiger partial charge in [0.05, 0.1) is 13.0 Å². The van der Waals surface area contributed by atoms with Crippen LogP contribution in [0.25, 0.3) is 0 Å². The third kappa shape index (κ3) is 5.56. The van der Waals surface area contributed by atoms with E-state index in [4.69, 9.17) is 5.11 Å². The second-order valence-corrected chi connectivity index (χ2v) is 6.05. The summed E-state index contributed by atoms with van der Waals surface area (Å²) in [4.78, 5) is 27.9. The number of aliphatic carboxylic acids is 1. The highest BCUT2D eigenvalue weighted by Crippen LogP contribution is 2.12. The van der Waals surface area contributed by atoms with Gasteiger partial charge < -0.3 is 15.7 Å². The Morgan fingerprint density at radius 3 is 2.65 bits per heavy atom. The first-order chi connectivity index (χ1) is 9.42. The number of aromatic nitrogens is 1. The Morgan fingerprint density at radius 2 is 2.15 bits per heavy atom. The number of hydrogen-bond acceptors (Lipinski definition) is 4. The number of amides is 2. The summed E-state index contributed by atoms with van der Waals surface area (Å²) in [5.41, 5.74) is 0. The van der Waals surface area contributed by atoms with Crippen molar-refractivity contribution in [1.29, 1.82) is 0 Å². The number of carboxylic acids is 1. The number of carboxylic acid groups (broad SMARTS) is 1. The summed E-state index contributed by atoms with van der Waals surface area (Å²) in [6, 6.07) is -0.742. The number of nitrogens with zero attached hydrogens (tertiary/aromatic N) is 1. The summed E-state index contributed by atoms with van der Waals surface area (Å²) < 4.78 is 0. The Bertz CT molecular complexity index is 459. The van der Waals surface area contributed by atoms with Crippen molar-refractivity contribution in [2.75, 3.05) is 0 Å². The molecule has 0 aliphatic rings. The van der Waals surface area contributed by atoms with E-state index in [1.165, 1.54) is 4.88 Å². The minimum Gasteiger partial charge on any atom is -0.481 e. The average molecular weight is 299 g/mol. The van der Waals surface area contributed by atoms with Gasteiger partial charge in [-0.3, -0.25) is 4.79 Å². The molecule has 0 aliphatic carbocycles. The zero-order valence-electron chi connectivity index (χ0n) is 12.0. The van der Waals surface area contributed by atoms with E-state index in [0.717, 1.165) is 11.4 Å². The van der Waals surface area contributed by atoms with Crippen molar-refractivity contribution >= 4 is 23.3 Å². The third-order valence-corrected chi connectivity index (χ3v) is 4.01. The van der Waals surface area contributed by atoms with E-state index < -0.39 is 5.97 Å². The predicted octanol–water partition coefficient (Wildman–Crippen LogP) is 2.00. The molecule has 0 aromatic carbocycles. The molecule has 1 rings (SSSR count). The number of rotatable bonds is 7. The van der Waals surface area contributed by atoms with Crippen LogP contribution in [0.4, 0.5) is 4.79 Å². The molecule has 0 aliphatic heterocycles.